The first-order valence-electron chi connectivity index (χ1n) is 9.31. The Labute approximate surface area is 169 Å². The molecule has 0 aliphatic heterocycles. The quantitative estimate of drug-likeness (QED) is 0.662. The van der Waals surface area contributed by atoms with Gasteiger partial charge in [-0.25, -0.2) is 13.1 Å². The Morgan fingerprint density at radius 3 is 2.52 bits per heavy atom. The smallest absolute Gasteiger partial charge is 0.271 e. The lowest BCUT2D eigenvalue weighted by Crippen LogP contribution is -2.32. The van der Waals surface area contributed by atoms with Crippen molar-refractivity contribution in [2.24, 2.45) is 0 Å². The molecular weight excluding hydrogens is 392 g/mol. The van der Waals surface area contributed by atoms with Crippen LogP contribution in [0.25, 0.3) is 16.9 Å². The van der Waals surface area contributed by atoms with Gasteiger partial charge in [0.15, 0.2) is 5.76 Å². The lowest BCUT2D eigenvalue weighted by molar-refractivity contribution is 0.392. The maximum absolute atomic E-state index is 12.8. The van der Waals surface area contributed by atoms with Gasteiger partial charge >= 0.3 is 0 Å². The van der Waals surface area contributed by atoms with E-state index in [0.29, 0.717) is 40.4 Å². The summed E-state index contributed by atoms with van der Waals surface area (Å²) < 4.78 is 34.6. The molecule has 154 valence electrons. The van der Waals surface area contributed by atoms with Gasteiger partial charge in [0.1, 0.15) is 11.4 Å². The second-order valence-corrected chi connectivity index (χ2v) is 8.73. The summed E-state index contributed by atoms with van der Waals surface area (Å²) in [5, 5.41) is 8.29. The molecule has 0 fully saturated rings. The maximum Gasteiger partial charge on any atom is 0.271 e. The van der Waals surface area contributed by atoms with Gasteiger partial charge in [-0.3, -0.25) is 4.79 Å². The minimum atomic E-state index is -3.68. The lowest BCUT2D eigenvalue weighted by Gasteiger charge is -2.15. The average molecular weight is 417 g/mol. The molecule has 1 atom stereocenters. The molecule has 0 bridgehead atoms. The molecule has 3 aromatic rings. The number of nitrogens with one attached hydrogen (secondary N) is 1. The van der Waals surface area contributed by atoms with Gasteiger partial charge in [-0.2, -0.15) is 9.78 Å². The minimum Gasteiger partial charge on any atom is -0.359 e. The minimum absolute atomic E-state index is 0.178. The number of aromatic nitrogens is 3. The van der Waals surface area contributed by atoms with E-state index in [1.807, 2.05) is 13.8 Å². The molecule has 0 saturated heterocycles. The largest absolute Gasteiger partial charge is 0.359 e. The van der Waals surface area contributed by atoms with E-state index in [4.69, 9.17) is 4.52 Å². The summed E-state index contributed by atoms with van der Waals surface area (Å²) in [6.45, 7) is 8.90. The van der Waals surface area contributed by atoms with Crippen molar-refractivity contribution in [2.45, 2.75) is 52.0 Å². The molecule has 1 N–H and O–H groups in total. The first kappa shape index (κ1) is 20.9. The second kappa shape index (κ2) is 7.92. The van der Waals surface area contributed by atoms with E-state index in [1.54, 1.807) is 45.0 Å². The van der Waals surface area contributed by atoms with Crippen LogP contribution < -0.4 is 10.3 Å². The zero-order chi connectivity index (χ0) is 21.3. The van der Waals surface area contributed by atoms with E-state index in [0.717, 1.165) is 0 Å². The van der Waals surface area contributed by atoms with Crippen LogP contribution in [0.5, 0.6) is 0 Å². The maximum atomic E-state index is 12.8. The molecule has 9 heteroatoms. The number of nitrogens with zero attached hydrogens (tertiary/aromatic N) is 3. The van der Waals surface area contributed by atoms with Gasteiger partial charge in [0.05, 0.1) is 10.6 Å². The Morgan fingerprint density at radius 2 is 1.90 bits per heavy atom. The molecule has 0 saturated carbocycles. The number of sulfonamides is 1. The van der Waals surface area contributed by atoms with Crippen molar-refractivity contribution in [3.05, 3.63) is 57.7 Å². The van der Waals surface area contributed by atoms with Crippen LogP contribution in [-0.2, 0) is 10.0 Å². The van der Waals surface area contributed by atoms with E-state index in [-0.39, 0.29) is 16.5 Å². The average Bonchev–Trinajstić information content (AvgIpc) is 3.00. The van der Waals surface area contributed by atoms with Crippen LogP contribution in [0.3, 0.4) is 0 Å². The Balaban J connectivity index is 2.11. The van der Waals surface area contributed by atoms with Crippen LogP contribution in [0.1, 0.15) is 37.3 Å². The zero-order valence-corrected chi connectivity index (χ0v) is 17.9. The van der Waals surface area contributed by atoms with Crippen LogP contribution in [0.2, 0.25) is 0 Å². The second-order valence-electron chi connectivity index (χ2n) is 7.05. The van der Waals surface area contributed by atoms with Gasteiger partial charge in [0.2, 0.25) is 10.0 Å². The molecule has 2 heterocycles. The molecule has 0 radical (unpaired) electrons. The zero-order valence-electron chi connectivity index (χ0n) is 17.1. The number of hydrogen-bond donors (Lipinski definition) is 1. The van der Waals surface area contributed by atoms with Crippen LogP contribution in [0.15, 0.2) is 44.5 Å². The Hall–Kier alpha value is -2.78. The summed E-state index contributed by atoms with van der Waals surface area (Å²) in [6, 6.07) is 7.86. The number of benzene rings is 1. The highest BCUT2D eigenvalue weighted by Gasteiger charge is 2.21. The molecule has 1 aromatic carbocycles. The van der Waals surface area contributed by atoms with Crippen LogP contribution in [0.4, 0.5) is 0 Å². The summed E-state index contributed by atoms with van der Waals surface area (Å²) in [7, 11) is -3.68. The van der Waals surface area contributed by atoms with Gasteiger partial charge in [0, 0.05) is 17.7 Å². The summed E-state index contributed by atoms with van der Waals surface area (Å²) in [5.41, 5.74) is 2.37. The molecule has 0 aliphatic carbocycles. The first-order valence-corrected chi connectivity index (χ1v) is 10.8. The van der Waals surface area contributed by atoms with Crippen molar-refractivity contribution >= 4 is 10.0 Å². The predicted molar refractivity (Wildman–Crippen MR) is 110 cm³/mol. The Morgan fingerprint density at radius 1 is 1.17 bits per heavy atom. The van der Waals surface area contributed by atoms with Crippen molar-refractivity contribution in [1.82, 2.24) is 19.7 Å². The fraction of sp³-hybridized carbons (Fsp3) is 0.350. The topological polar surface area (TPSA) is 107 Å². The predicted octanol–water partition coefficient (Wildman–Crippen LogP) is 2.89. The SMILES string of the molecule is CC[C@@H](C)NS(=O)(=O)c1cc(-c2ccc(=O)n(-c3c(C)noc3C)n2)ccc1C. The molecule has 0 spiro atoms. The molecule has 2 aromatic heterocycles. The Bertz CT molecular complexity index is 1190. The van der Waals surface area contributed by atoms with E-state index in [1.165, 1.54) is 10.7 Å². The normalized spacial score (nSPS) is 12.9. The lowest BCUT2D eigenvalue weighted by atomic mass is 10.1. The van der Waals surface area contributed by atoms with E-state index < -0.39 is 10.0 Å². The fourth-order valence-corrected chi connectivity index (χ4v) is 4.56. The van der Waals surface area contributed by atoms with Crippen molar-refractivity contribution in [2.75, 3.05) is 0 Å². The molecule has 3 rings (SSSR count). The third kappa shape index (κ3) is 4.15. The van der Waals surface area contributed by atoms with E-state index in [9.17, 15) is 13.2 Å². The van der Waals surface area contributed by atoms with Crippen LogP contribution in [-0.4, -0.2) is 29.4 Å². The third-order valence-electron chi connectivity index (χ3n) is 4.75. The molecule has 0 unspecified atom stereocenters. The Kier molecular flexibility index (Phi) is 5.72. The fourth-order valence-electron chi connectivity index (χ4n) is 2.97. The highest BCUT2D eigenvalue weighted by atomic mass is 32.2. The van der Waals surface area contributed by atoms with Gasteiger partial charge < -0.3 is 4.52 Å². The van der Waals surface area contributed by atoms with Crippen molar-refractivity contribution in [3.8, 4) is 16.9 Å². The summed E-state index contributed by atoms with van der Waals surface area (Å²) in [4.78, 5) is 12.6. The van der Waals surface area contributed by atoms with Gasteiger partial charge in [0.25, 0.3) is 5.56 Å². The molecule has 0 amide bonds. The number of hydrogen-bond acceptors (Lipinski definition) is 6. The van der Waals surface area contributed by atoms with Crippen LogP contribution in [0, 0.1) is 20.8 Å². The monoisotopic (exact) mass is 416 g/mol. The molecular formula is C20H24N4O4S. The summed E-state index contributed by atoms with van der Waals surface area (Å²) >= 11 is 0. The molecule has 0 aliphatic rings. The van der Waals surface area contributed by atoms with Crippen molar-refractivity contribution < 1.29 is 12.9 Å². The standard InChI is InChI=1S/C20H24N4O4S/c1-6-13(3)23-29(26,27)18-11-16(8-7-12(18)2)17-9-10-19(25)24(21-17)20-14(4)22-28-15(20)5/h7-11,13,23H,6H2,1-5H3/t13-/m1/s1. The summed E-state index contributed by atoms with van der Waals surface area (Å²) in [6.07, 6.45) is 0.682. The third-order valence-corrected chi connectivity index (χ3v) is 6.48. The van der Waals surface area contributed by atoms with E-state index in [2.05, 4.69) is 15.0 Å². The highest BCUT2D eigenvalue weighted by Crippen LogP contribution is 2.24. The van der Waals surface area contributed by atoms with Crippen molar-refractivity contribution in [3.63, 3.8) is 0 Å². The van der Waals surface area contributed by atoms with E-state index >= 15 is 0 Å². The van der Waals surface area contributed by atoms with Gasteiger partial charge in [-0.1, -0.05) is 24.2 Å². The highest BCUT2D eigenvalue weighted by molar-refractivity contribution is 7.89. The molecule has 8 nitrogen and oxygen atoms in total. The number of rotatable bonds is 6. The summed E-state index contributed by atoms with van der Waals surface area (Å²) in [5.74, 6) is 0.471. The van der Waals surface area contributed by atoms with Gasteiger partial charge in [-0.15, -0.1) is 0 Å². The molecule has 29 heavy (non-hydrogen) atoms. The van der Waals surface area contributed by atoms with Crippen LogP contribution >= 0.6 is 0 Å². The van der Waals surface area contributed by atoms with Gasteiger partial charge in [-0.05, 0) is 51.8 Å². The number of aryl methyl sites for hydroxylation is 3. The first-order chi connectivity index (χ1) is 13.6. The van der Waals surface area contributed by atoms with Crippen molar-refractivity contribution in [1.29, 1.82) is 0 Å².